The van der Waals surface area contributed by atoms with Gasteiger partial charge in [-0.25, -0.2) is 22.3 Å². The largest absolute Gasteiger partial charge is 0.477 e. The van der Waals surface area contributed by atoms with Crippen LogP contribution in [0.15, 0.2) is 41.4 Å². The second kappa shape index (κ2) is 6.51. The van der Waals surface area contributed by atoms with Gasteiger partial charge in [0.15, 0.2) is 0 Å². The number of carbonyl (C=O) groups is 1. The highest BCUT2D eigenvalue weighted by Crippen LogP contribution is 2.15. The third kappa shape index (κ3) is 3.96. The summed E-state index contributed by atoms with van der Waals surface area (Å²) >= 11 is 0. The molecule has 23 heavy (non-hydrogen) atoms. The van der Waals surface area contributed by atoms with Crippen molar-refractivity contribution in [2.24, 2.45) is 7.05 Å². The van der Waals surface area contributed by atoms with Crippen molar-refractivity contribution >= 4 is 16.0 Å². The standard InChI is InChI=1S/C15H17FN2O4S/c1-10(7-11-5-3-4-6-13(11)16)17-23(21,22)12-8-14(15(19)20)18(2)9-12/h3-6,8-10,17H,7H2,1-2H3,(H,19,20). The lowest BCUT2D eigenvalue weighted by molar-refractivity contribution is 0.0686. The summed E-state index contributed by atoms with van der Waals surface area (Å²) in [7, 11) is -2.43. The van der Waals surface area contributed by atoms with E-state index in [-0.39, 0.29) is 17.0 Å². The Morgan fingerprint density at radius 1 is 1.39 bits per heavy atom. The van der Waals surface area contributed by atoms with Crippen LogP contribution in [0.3, 0.4) is 0 Å². The second-order valence-corrected chi connectivity index (χ2v) is 7.01. The Labute approximate surface area is 133 Å². The van der Waals surface area contributed by atoms with Gasteiger partial charge in [0.25, 0.3) is 0 Å². The number of halogens is 1. The number of sulfonamides is 1. The normalized spacial score (nSPS) is 13.0. The molecule has 1 aromatic heterocycles. The van der Waals surface area contributed by atoms with Crippen LogP contribution < -0.4 is 4.72 Å². The minimum atomic E-state index is -3.88. The van der Waals surface area contributed by atoms with E-state index in [1.54, 1.807) is 25.1 Å². The zero-order valence-electron chi connectivity index (χ0n) is 12.7. The summed E-state index contributed by atoms with van der Waals surface area (Å²) < 4.78 is 41.8. The number of aryl methyl sites for hydroxylation is 1. The fourth-order valence-corrected chi connectivity index (χ4v) is 3.57. The summed E-state index contributed by atoms with van der Waals surface area (Å²) in [5, 5.41) is 8.97. The lowest BCUT2D eigenvalue weighted by atomic mass is 10.1. The van der Waals surface area contributed by atoms with Crippen LogP contribution in [0, 0.1) is 5.82 Å². The molecular weight excluding hydrogens is 323 g/mol. The van der Waals surface area contributed by atoms with Gasteiger partial charge in [0, 0.05) is 19.3 Å². The Morgan fingerprint density at radius 2 is 2.04 bits per heavy atom. The van der Waals surface area contributed by atoms with Crippen LogP contribution in [0.2, 0.25) is 0 Å². The Balaban J connectivity index is 2.16. The molecular formula is C15H17FN2O4S. The number of benzene rings is 1. The maximum absolute atomic E-state index is 13.6. The molecule has 0 aliphatic carbocycles. The number of aromatic nitrogens is 1. The lowest BCUT2D eigenvalue weighted by Crippen LogP contribution is -2.34. The van der Waals surface area contributed by atoms with Crippen molar-refractivity contribution in [2.75, 3.05) is 0 Å². The summed E-state index contributed by atoms with van der Waals surface area (Å²) in [5.74, 6) is -1.61. The molecule has 1 unspecified atom stereocenters. The van der Waals surface area contributed by atoms with Gasteiger partial charge in [0.05, 0.1) is 0 Å². The van der Waals surface area contributed by atoms with Crippen LogP contribution in [0.5, 0.6) is 0 Å². The van der Waals surface area contributed by atoms with Gasteiger partial charge >= 0.3 is 5.97 Å². The number of rotatable bonds is 6. The average Bonchev–Trinajstić information content (AvgIpc) is 2.84. The predicted octanol–water partition coefficient (Wildman–Crippen LogP) is 1.77. The van der Waals surface area contributed by atoms with Gasteiger partial charge < -0.3 is 9.67 Å². The summed E-state index contributed by atoms with van der Waals surface area (Å²) in [4.78, 5) is 10.8. The van der Waals surface area contributed by atoms with Crippen LogP contribution in [0.4, 0.5) is 4.39 Å². The van der Waals surface area contributed by atoms with E-state index in [2.05, 4.69) is 4.72 Å². The fraction of sp³-hybridized carbons (Fsp3) is 0.267. The van der Waals surface area contributed by atoms with E-state index in [4.69, 9.17) is 5.11 Å². The second-order valence-electron chi connectivity index (χ2n) is 5.29. The van der Waals surface area contributed by atoms with Gasteiger partial charge in [-0.3, -0.25) is 0 Å². The van der Waals surface area contributed by atoms with Crippen molar-refractivity contribution in [1.29, 1.82) is 0 Å². The monoisotopic (exact) mass is 340 g/mol. The molecule has 0 saturated heterocycles. The first-order valence-electron chi connectivity index (χ1n) is 6.86. The van der Waals surface area contributed by atoms with E-state index in [9.17, 15) is 17.6 Å². The van der Waals surface area contributed by atoms with Crippen LogP contribution >= 0.6 is 0 Å². The van der Waals surface area contributed by atoms with Crippen molar-refractivity contribution in [2.45, 2.75) is 24.3 Å². The first-order valence-corrected chi connectivity index (χ1v) is 8.34. The SMILES string of the molecule is CC(Cc1ccccc1F)NS(=O)(=O)c1cc(C(=O)O)n(C)c1. The molecule has 0 saturated carbocycles. The molecule has 1 aromatic carbocycles. The highest BCUT2D eigenvalue weighted by Gasteiger charge is 2.22. The van der Waals surface area contributed by atoms with Crippen molar-refractivity contribution in [3.05, 3.63) is 53.6 Å². The maximum Gasteiger partial charge on any atom is 0.352 e. The predicted molar refractivity (Wildman–Crippen MR) is 82.3 cm³/mol. The third-order valence-electron chi connectivity index (χ3n) is 3.35. The molecule has 0 spiro atoms. The molecule has 6 nitrogen and oxygen atoms in total. The number of hydrogen-bond acceptors (Lipinski definition) is 3. The molecule has 8 heteroatoms. The van der Waals surface area contributed by atoms with Crippen molar-refractivity contribution in [3.8, 4) is 0 Å². The van der Waals surface area contributed by atoms with Gasteiger partial charge in [-0.2, -0.15) is 0 Å². The first-order chi connectivity index (χ1) is 10.7. The van der Waals surface area contributed by atoms with E-state index in [1.165, 1.54) is 23.9 Å². The minimum Gasteiger partial charge on any atom is -0.477 e. The Hall–Kier alpha value is -2.19. The number of carboxylic acids is 1. The Kier molecular flexibility index (Phi) is 4.86. The number of hydrogen-bond donors (Lipinski definition) is 2. The van der Waals surface area contributed by atoms with E-state index >= 15 is 0 Å². The molecule has 0 amide bonds. The van der Waals surface area contributed by atoms with Crippen LogP contribution in [0.25, 0.3) is 0 Å². The Morgan fingerprint density at radius 3 is 2.61 bits per heavy atom. The Bertz CT molecular complexity index is 830. The first kappa shape index (κ1) is 17.2. The van der Waals surface area contributed by atoms with Crippen molar-refractivity contribution in [1.82, 2.24) is 9.29 Å². The molecule has 124 valence electrons. The zero-order valence-corrected chi connectivity index (χ0v) is 13.5. The van der Waals surface area contributed by atoms with E-state index in [0.717, 1.165) is 6.07 Å². The van der Waals surface area contributed by atoms with Gasteiger partial charge in [-0.15, -0.1) is 0 Å². The summed E-state index contributed by atoms with van der Waals surface area (Å²) in [6, 6.07) is 6.67. The number of nitrogens with zero attached hydrogens (tertiary/aromatic N) is 1. The quantitative estimate of drug-likeness (QED) is 0.839. The highest BCUT2D eigenvalue weighted by molar-refractivity contribution is 7.89. The molecule has 2 rings (SSSR count). The van der Waals surface area contributed by atoms with E-state index in [1.807, 2.05) is 0 Å². The molecule has 2 aromatic rings. The third-order valence-corrected chi connectivity index (χ3v) is 4.91. The van der Waals surface area contributed by atoms with Gasteiger partial charge in [-0.1, -0.05) is 18.2 Å². The fourth-order valence-electron chi connectivity index (χ4n) is 2.26. The molecule has 0 bridgehead atoms. The van der Waals surface area contributed by atoms with Crippen molar-refractivity contribution in [3.63, 3.8) is 0 Å². The number of carboxylic acid groups (broad SMARTS) is 1. The van der Waals surface area contributed by atoms with Gasteiger partial charge in [0.2, 0.25) is 10.0 Å². The van der Waals surface area contributed by atoms with Gasteiger partial charge in [-0.05, 0) is 31.0 Å². The van der Waals surface area contributed by atoms with Crippen molar-refractivity contribution < 1.29 is 22.7 Å². The highest BCUT2D eigenvalue weighted by atomic mass is 32.2. The van der Waals surface area contributed by atoms with Crippen LogP contribution in [0.1, 0.15) is 23.0 Å². The summed E-state index contributed by atoms with van der Waals surface area (Å²) in [6.07, 6.45) is 1.41. The maximum atomic E-state index is 13.6. The molecule has 0 fully saturated rings. The molecule has 0 aliphatic heterocycles. The molecule has 1 heterocycles. The molecule has 2 N–H and O–H groups in total. The zero-order chi connectivity index (χ0) is 17.2. The minimum absolute atomic E-state index is 0.132. The smallest absolute Gasteiger partial charge is 0.352 e. The van der Waals surface area contributed by atoms with Crippen LogP contribution in [-0.2, 0) is 23.5 Å². The summed E-state index contributed by atoms with van der Waals surface area (Å²) in [5.41, 5.74) is 0.272. The van der Waals surface area contributed by atoms with E-state index < -0.39 is 27.9 Å². The van der Waals surface area contributed by atoms with Gasteiger partial charge in [0.1, 0.15) is 16.4 Å². The molecule has 0 aliphatic rings. The number of nitrogens with one attached hydrogen (secondary N) is 1. The average molecular weight is 340 g/mol. The molecule has 1 atom stereocenters. The molecule has 0 radical (unpaired) electrons. The number of aromatic carboxylic acids is 1. The van der Waals surface area contributed by atoms with Crippen LogP contribution in [-0.4, -0.2) is 30.1 Å². The topological polar surface area (TPSA) is 88.4 Å². The lowest BCUT2D eigenvalue weighted by Gasteiger charge is -2.14. The summed E-state index contributed by atoms with van der Waals surface area (Å²) in [6.45, 7) is 1.62. The van der Waals surface area contributed by atoms with E-state index in [0.29, 0.717) is 5.56 Å².